The minimum absolute atomic E-state index is 0.581. The van der Waals surface area contributed by atoms with Gasteiger partial charge in [-0.05, 0) is 12.8 Å². The molecule has 1 heteroatoms. The Bertz CT molecular complexity index is 68.2. The van der Waals surface area contributed by atoms with Crippen LogP contribution in [0.5, 0.6) is 0 Å². The molecular formula is C6H11Cl. The molecule has 0 nitrogen and oxygen atoms in total. The molecule has 0 N–H and O–H groups in total. The van der Waals surface area contributed by atoms with Gasteiger partial charge >= 0.3 is 0 Å². The SMILES string of the molecule is C/C(Cl)=C/C(C)C. The van der Waals surface area contributed by atoms with E-state index in [1.807, 2.05) is 13.0 Å². The molecule has 42 valence electrons. The van der Waals surface area contributed by atoms with E-state index in [1.165, 1.54) is 0 Å². The maximum absolute atomic E-state index is 5.53. The molecule has 0 spiro atoms. The molecule has 0 aromatic rings. The van der Waals surface area contributed by atoms with E-state index in [0.717, 1.165) is 5.03 Å². The molecule has 0 heterocycles. The van der Waals surface area contributed by atoms with Crippen molar-refractivity contribution in [2.75, 3.05) is 0 Å². The maximum atomic E-state index is 5.53. The molecule has 0 amide bonds. The van der Waals surface area contributed by atoms with Crippen molar-refractivity contribution < 1.29 is 0 Å². The first-order chi connectivity index (χ1) is 3.13. The quantitative estimate of drug-likeness (QED) is 0.497. The lowest BCUT2D eigenvalue weighted by atomic mass is 10.2. The second kappa shape index (κ2) is 3.09. The van der Waals surface area contributed by atoms with Crippen molar-refractivity contribution in [2.24, 2.45) is 5.92 Å². The summed E-state index contributed by atoms with van der Waals surface area (Å²) in [5.41, 5.74) is 0. The summed E-state index contributed by atoms with van der Waals surface area (Å²) in [5, 5.41) is 0.884. The fourth-order valence-electron chi connectivity index (χ4n) is 0.459. The first-order valence-corrected chi connectivity index (χ1v) is 2.84. The van der Waals surface area contributed by atoms with E-state index in [0.29, 0.717) is 5.92 Å². The standard InChI is InChI=1S/C6H11Cl/c1-5(2)4-6(3)7/h4-5H,1-3H3/b6-4-. The molecule has 0 aromatic carbocycles. The van der Waals surface area contributed by atoms with Crippen LogP contribution in [0.1, 0.15) is 20.8 Å². The van der Waals surface area contributed by atoms with Crippen molar-refractivity contribution in [3.05, 3.63) is 11.1 Å². The van der Waals surface area contributed by atoms with Crippen molar-refractivity contribution in [1.29, 1.82) is 0 Å². The second-order valence-electron chi connectivity index (χ2n) is 2.00. The summed E-state index contributed by atoms with van der Waals surface area (Å²) in [7, 11) is 0. The predicted molar refractivity (Wildman–Crippen MR) is 34.4 cm³/mol. The summed E-state index contributed by atoms with van der Waals surface area (Å²) in [6, 6.07) is 0. The smallest absolute Gasteiger partial charge is 0.0112 e. The largest absolute Gasteiger partial charge is 0.0898 e. The van der Waals surface area contributed by atoms with Crippen molar-refractivity contribution in [1.82, 2.24) is 0 Å². The van der Waals surface area contributed by atoms with Crippen LogP contribution in [0.3, 0.4) is 0 Å². The lowest BCUT2D eigenvalue weighted by molar-refractivity contribution is 0.828. The fraction of sp³-hybridized carbons (Fsp3) is 0.667. The molecule has 0 aliphatic rings. The van der Waals surface area contributed by atoms with Crippen LogP contribution in [-0.4, -0.2) is 0 Å². The third-order valence-corrected chi connectivity index (χ3v) is 0.689. The van der Waals surface area contributed by atoms with Gasteiger partial charge in [0.25, 0.3) is 0 Å². The van der Waals surface area contributed by atoms with Gasteiger partial charge in [-0.25, -0.2) is 0 Å². The van der Waals surface area contributed by atoms with E-state index < -0.39 is 0 Å². The Balaban J connectivity index is 3.45. The van der Waals surface area contributed by atoms with Crippen LogP contribution in [0, 0.1) is 5.92 Å². The minimum Gasteiger partial charge on any atom is -0.0898 e. The zero-order chi connectivity index (χ0) is 5.86. The monoisotopic (exact) mass is 118 g/mol. The van der Waals surface area contributed by atoms with Gasteiger partial charge in [-0.15, -0.1) is 0 Å². The fourth-order valence-corrected chi connectivity index (χ4v) is 0.711. The normalized spacial score (nSPS) is 13.0. The Kier molecular flexibility index (Phi) is 3.10. The number of rotatable bonds is 1. The molecule has 0 atom stereocenters. The van der Waals surface area contributed by atoms with Crippen LogP contribution in [0.2, 0.25) is 0 Å². The van der Waals surface area contributed by atoms with Crippen LogP contribution in [0.25, 0.3) is 0 Å². The first-order valence-electron chi connectivity index (χ1n) is 2.47. The first kappa shape index (κ1) is 7.03. The molecule has 0 unspecified atom stereocenters. The van der Waals surface area contributed by atoms with Gasteiger partial charge in [-0.1, -0.05) is 31.5 Å². The Morgan fingerprint density at radius 1 is 1.57 bits per heavy atom. The molecule has 0 saturated heterocycles. The van der Waals surface area contributed by atoms with Gasteiger partial charge in [-0.3, -0.25) is 0 Å². The third-order valence-electron chi connectivity index (χ3n) is 0.563. The van der Waals surface area contributed by atoms with Crippen LogP contribution in [0.15, 0.2) is 11.1 Å². The van der Waals surface area contributed by atoms with E-state index in [4.69, 9.17) is 11.6 Å². The molecule has 0 aromatic heterocycles. The van der Waals surface area contributed by atoms with Crippen LogP contribution < -0.4 is 0 Å². The lowest BCUT2D eigenvalue weighted by Crippen LogP contribution is -1.76. The highest BCUT2D eigenvalue weighted by molar-refractivity contribution is 6.29. The van der Waals surface area contributed by atoms with Gasteiger partial charge in [0, 0.05) is 5.03 Å². The molecule has 0 rings (SSSR count). The highest BCUT2D eigenvalue weighted by Crippen LogP contribution is 2.03. The average Bonchev–Trinajstić information content (AvgIpc) is 1.27. The van der Waals surface area contributed by atoms with Gasteiger partial charge < -0.3 is 0 Å². The Morgan fingerprint density at radius 2 is 2.00 bits per heavy atom. The van der Waals surface area contributed by atoms with E-state index in [-0.39, 0.29) is 0 Å². The van der Waals surface area contributed by atoms with Crippen molar-refractivity contribution in [3.63, 3.8) is 0 Å². The highest BCUT2D eigenvalue weighted by Gasteiger charge is 1.84. The highest BCUT2D eigenvalue weighted by atomic mass is 35.5. The summed E-state index contributed by atoms with van der Waals surface area (Å²) in [6.07, 6.45) is 2.02. The van der Waals surface area contributed by atoms with E-state index in [1.54, 1.807) is 0 Å². The molecule has 0 aliphatic heterocycles. The van der Waals surface area contributed by atoms with Gasteiger partial charge in [0.2, 0.25) is 0 Å². The Morgan fingerprint density at radius 3 is 2.00 bits per heavy atom. The third kappa shape index (κ3) is 6.03. The van der Waals surface area contributed by atoms with Crippen molar-refractivity contribution >= 4 is 11.6 Å². The molecular weight excluding hydrogens is 108 g/mol. The van der Waals surface area contributed by atoms with Gasteiger partial charge in [0.15, 0.2) is 0 Å². The van der Waals surface area contributed by atoms with E-state index in [9.17, 15) is 0 Å². The van der Waals surface area contributed by atoms with Crippen molar-refractivity contribution in [2.45, 2.75) is 20.8 Å². The molecule has 7 heavy (non-hydrogen) atoms. The van der Waals surface area contributed by atoms with Gasteiger partial charge in [0.1, 0.15) is 0 Å². The summed E-state index contributed by atoms with van der Waals surface area (Å²) in [5.74, 6) is 0.581. The van der Waals surface area contributed by atoms with Crippen molar-refractivity contribution in [3.8, 4) is 0 Å². The van der Waals surface area contributed by atoms with Crippen LogP contribution in [-0.2, 0) is 0 Å². The number of allylic oxidation sites excluding steroid dienone is 2. The van der Waals surface area contributed by atoms with Crippen LogP contribution in [0.4, 0.5) is 0 Å². The van der Waals surface area contributed by atoms with E-state index >= 15 is 0 Å². The zero-order valence-corrected chi connectivity index (χ0v) is 5.79. The Labute approximate surface area is 50.2 Å². The van der Waals surface area contributed by atoms with E-state index in [2.05, 4.69) is 13.8 Å². The van der Waals surface area contributed by atoms with Gasteiger partial charge in [0.05, 0.1) is 0 Å². The maximum Gasteiger partial charge on any atom is 0.0112 e. The zero-order valence-electron chi connectivity index (χ0n) is 5.03. The van der Waals surface area contributed by atoms with Crippen LogP contribution >= 0.6 is 11.6 Å². The molecule has 0 saturated carbocycles. The summed E-state index contributed by atoms with van der Waals surface area (Å²) < 4.78 is 0. The molecule has 0 radical (unpaired) electrons. The lowest BCUT2D eigenvalue weighted by Gasteiger charge is -1.91. The summed E-state index contributed by atoms with van der Waals surface area (Å²) in [4.78, 5) is 0. The summed E-state index contributed by atoms with van der Waals surface area (Å²) in [6.45, 7) is 6.10. The van der Waals surface area contributed by atoms with Gasteiger partial charge in [-0.2, -0.15) is 0 Å². The molecule has 0 bridgehead atoms. The predicted octanol–water partition coefficient (Wildman–Crippen LogP) is 2.79. The number of hydrogen-bond acceptors (Lipinski definition) is 0. The number of halogens is 1. The molecule has 0 aliphatic carbocycles. The molecule has 0 fully saturated rings. The second-order valence-corrected chi connectivity index (χ2v) is 2.59. The Hall–Kier alpha value is 0.0300. The topological polar surface area (TPSA) is 0 Å². The summed E-state index contributed by atoms with van der Waals surface area (Å²) >= 11 is 5.53. The minimum atomic E-state index is 0.581. The average molecular weight is 119 g/mol. The number of hydrogen-bond donors (Lipinski definition) is 0.